The molecule has 0 aromatic heterocycles. The van der Waals surface area contributed by atoms with Gasteiger partial charge in [0.15, 0.2) is 0 Å². The van der Waals surface area contributed by atoms with Crippen LogP contribution in [0.2, 0.25) is 0 Å². The second-order valence-electron chi connectivity index (χ2n) is 3.42. The van der Waals surface area contributed by atoms with E-state index in [9.17, 15) is 4.79 Å². The first-order valence-electron chi connectivity index (χ1n) is 4.73. The number of hydrogen-bond donors (Lipinski definition) is 0. The van der Waals surface area contributed by atoms with Crippen molar-refractivity contribution in [2.45, 2.75) is 6.42 Å². The third kappa shape index (κ3) is 2.22. The van der Waals surface area contributed by atoms with Gasteiger partial charge in [-0.3, -0.25) is 4.79 Å². The monoisotopic (exact) mass is 188 g/mol. The number of rotatable bonds is 2. The normalized spacial score (nSPS) is 21.4. The molecule has 2 heteroatoms. The second kappa shape index (κ2) is 4.09. The molecule has 0 radical (unpaired) electrons. The van der Waals surface area contributed by atoms with E-state index in [1.165, 1.54) is 0 Å². The van der Waals surface area contributed by atoms with E-state index in [4.69, 9.17) is 4.74 Å². The SMILES string of the molecule is O=C1C[C@@H](/C=C/c2ccccc2)CO1. The molecule has 0 N–H and O–H groups in total. The van der Waals surface area contributed by atoms with Crippen LogP contribution < -0.4 is 0 Å². The van der Waals surface area contributed by atoms with Crippen molar-refractivity contribution in [3.05, 3.63) is 42.0 Å². The summed E-state index contributed by atoms with van der Waals surface area (Å²) < 4.78 is 4.86. The Balaban J connectivity index is 1.97. The fourth-order valence-corrected chi connectivity index (χ4v) is 1.47. The number of hydrogen-bond acceptors (Lipinski definition) is 2. The maximum absolute atomic E-state index is 10.8. The van der Waals surface area contributed by atoms with Gasteiger partial charge in [-0.25, -0.2) is 0 Å². The fourth-order valence-electron chi connectivity index (χ4n) is 1.47. The third-order valence-electron chi connectivity index (χ3n) is 2.25. The van der Waals surface area contributed by atoms with Gasteiger partial charge in [-0.15, -0.1) is 0 Å². The van der Waals surface area contributed by atoms with E-state index in [-0.39, 0.29) is 11.9 Å². The summed E-state index contributed by atoms with van der Waals surface area (Å²) in [5.74, 6) is 0.162. The van der Waals surface area contributed by atoms with Crippen LogP contribution in [0.1, 0.15) is 12.0 Å². The summed E-state index contributed by atoms with van der Waals surface area (Å²) in [7, 11) is 0. The highest BCUT2D eigenvalue weighted by atomic mass is 16.5. The number of carbonyl (C=O) groups excluding carboxylic acids is 1. The standard InChI is InChI=1S/C12H12O2/c13-12-8-11(9-14-12)7-6-10-4-2-1-3-5-10/h1-7,11H,8-9H2/b7-6+/t11-/m1/s1. The fraction of sp³-hybridized carbons (Fsp3) is 0.250. The molecule has 72 valence electrons. The largest absolute Gasteiger partial charge is 0.465 e. The van der Waals surface area contributed by atoms with Gasteiger partial charge in [-0.1, -0.05) is 42.5 Å². The molecule has 0 bridgehead atoms. The zero-order valence-corrected chi connectivity index (χ0v) is 7.85. The first kappa shape index (κ1) is 9.00. The molecular weight excluding hydrogens is 176 g/mol. The quantitative estimate of drug-likeness (QED) is 0.665. The Kier molecular flexibility index (Phi) is 2.63. The summed E-state index contributed by atoms with van der Waals surface area (Å²) in [6.07, 6.45) is 4.59. The second-order valence-corrected chi connectivity index (χ2v) is 3.42. The molecule has 0 spiro atoms. The minimum atomic E-state index is -0.0901. The summed E-state index contributed by atoms with van der Waals surface area (Å²) >= 11 is 0. The first-order valence-corrected chi connectivity index (χ1v) is 4.73. The number of benzene rings is 1. The van der Waals surface area contributed by atoms with Crippen molar-refractivity contribution >= 4 is 12.0 Å². The Morgan fingerprint density at radius 2 is 2.07 bits per heavy atom. The highest BCUT2D eigenvalue weighted by Gasteiger charge is 2.20. The lowest BCUT2D eigenvalue weighted by Crippen LogP contribution is -1.92. The number of cyclic esters (lactones) is 1. The Morgan fingerprint density at radius 1 is 1.29 bits per heavy atom. The molecule has 14 heavy (non-hydrogen) atoms. The van der Waals surface area contributed by atoms with Crippen LogP contribution in [-0.4, -0.2) is 12.6 Å². The number of ether oxygens (including phenoxy) is 1. The molecule has 2 rings (SSSR count). The lowest BCUT2D eigenvalue weighted by molar-refractivity contribution is -0.137. The molecule has 1 heterocycles. The van der Waals surface area contributed by atoms with Gasteiger partial charge in [0.25, 0.3) is 0 Å². The summed E-state index contributed by atoms with van der Waals surface area (Å²) in [6, 6.07) is 10.0. The highest BCUT2D eigenvalue weighted by Crippen LogP contribution is 2.16. The van der Waals surface area contributed by atoms with Gasteiger partial charge < -0.3 is 4.74 Å². The van der Waals surface area contributed by atoms with Crippen LogP contribution in [0.5, 0.6) is 0 Å². The molecule has 0 unspecified atom stereocenters. The van der Waals surface area contributed by atoms with E-state index < -0.39 is 0 Å². The predicted octanol–water partition coefficient (Wildman–Crippen LogP) is 2.26. The van der Waals surface area contributed by atoms with Crippen molar-refractivity contribution in [3.8, 4) is 0 Å². The summed E-state index contributed by atoms with van der Waals surface area (Å²) in [4.78, 5) is 10.8. The topological polar surface area (TPSA) is 26.3 Å². The van der Waals surface area contributed by atoms with Crippen LogP contribution in [-0.2, 0) is 9.53 Å². The van der Waals surface area contributed by atoms with Crippen LogP contribution in [0.25, 0.3) is 6.08 Å². The van der Waals surface area contributed by atoms with E-state index in [1.807, 2.05) is 42.5 Å². The molecule has 1 saturated heterocycles. The molecule has 1 aromatic carbocycles. The minimum Gasteiger partial charge on any atom is -0.465 e. The molecule has 1 aliphatic heterocycles. The Labute approximate surface area is 83.2 Å². The van der Waals surface area contributed by atoms with Gasteiger partial charge >= 0.3 is 5.97 Å². The van der Waals surface area contributed by atoms with E-state index >= 15 is 0 Å². The average molecular weight is 188 g/mol. The van der Waals surface area contributed by atoms with E-state index in [1.54, 1.807) is 0 Å². The summed E-state index contributed by atoms with van der Waals surface area (Å²) in [6.45, 7) is 0.530. The predicted molar refractivity (Wildman–Crippen MR) is 54.5 cm³/mol. The molecule has 1 aliphatic rings. The van der Waals surface area contributed by atoms with E-state index in [2.05, 4.69) is 0 Å². The minimum absolute atomic E-state index is 0.0901. The van der Waals surface area contributed by atoms with Crippen molar-refractivity contribution < 1.29 is 9.53 Å². The van der Waals surface area contributed by atoms with Gasteiger partial charge in [0.2, 0.25) is 0 Å². The smallest absolute Gasteiger partial charge is 0.306 e. The molecule has 0 aliphatic carbocycles. The first-order chi connectivity index (χ1) is 6.84. The molecule has 1 atom stereocenters. The molecule has 1 fully saturated rings. The summed E-state index contributed by atoms with van der Waals surface area (Å²) in [5, 5.41) is 0. The van der Waals surface area contributed by atoms with Crippen LogP contribution >= 0.6 is 0 Å². The van der Waals surface area contributed by atoms with Crippen molar-refractivity contribution in [1.82, 2.24) is 0 Å². The maximum atomic E-state index is 10.8. The van der Waals surface area contributed by atoms with Crippen LogP contribution in [0.3, 0.4) is 0 Å². The Hall–Kier alpha value is -1.57. The lowest BCUT2D eigenvalue weighted by Gasteiger charge is -1.96. The van der Waals surface area contributed by atoms with Gasteiger partial charge in [-0.05, 0) is 5.56 Å². The van der Waals surface area contributed by atoms with Crippen LogP contribution in [0.4, 0.5) is 0 Å². The van der Waals surface area contributed by atoms with Crippen molar-refractivity contribution in [2.24, 2.45) is 5.92 Å². The Morgan fingerprint density at radius 3 is 2.71 bits per heavy atom. The lowest BCUT2D eigenvalue weighted by atomic mass is 10.1. The highest BCUT2D eigenvalue weighted by molar-refractivity contribution is 5.72. The van der Waals surface area contributed by atoms with Gasteiger partial charge in [0.05, 0.1) is 13.0 Å². The zero-order valence-electron chi connectivity index (χ0n) is 7.85. The van der Waals surface area contributed by atoms with Crippen molar-refractivity contribution in [2.75, 3.05) is 6.61 Å². The molecule has 0 amide bonds. The molecule has 2 nitrogen and oxygen atoms in total. The number of carbonyl (C=O) groups is 1. The van der Waals surface area contributed by atoms with Gasteiger partial charge in [0, 0.05) is 5.92 Å². The molecular formula is C12H12O2. The van der Waals surface area contributed by atoms with Gasteiger partial charge in [-0.2, -0.15) is 0 Å². The van der Waals surface area contributed by atoms with Crippen LogP contribution in [0.15, 0.2) is 36.4 Å². The third-order valence-corrected chi connectivity index (χ3v) is 2.25. The van der Waals surface area contributed by atoms with E-state index in [0.717, 1.165) is 5.56 Å². The van der Waals surface area contributed by atoms with Gasteiger partial charge in [0.1, 0.15) is 0 Å². The van der Waals surface area contributed by atoms with Crippen molar-refractivity contribution in [3.63, 3.8) is 0 Å². The average Bonchev–Trinajstić information content (AvgIpc) is 2.63. The number of esters is 1. The zero-order chi connectivity index (χ0) is 9.80. The maximum Gasteiger partial charge on any atom is 0.306 e. The molecule has 0 saturated carbocycles. The summed E-state index contributed by atoms with van der Waals surface area (Å²) in [5.41, 5.74) is 1.16. The van der Waals surface area contributed by atoms with Crippen molar-refractivity contribution in [1.29, 1.82) is 0 Å². The van der Waals surface area contributed by atoms with E-state index in [0.29, 0.717) is 13.0 Å². The Bertz CT molecular complexity index is 341. The molecule has 1 aromatic rings. The van der Waals surface area contributed by atoms with Crippen LogP contribution in [0, 0.1) is 5.92 Å².